The number of nitrogens with one attached hydrogen (secondary N) is 1. The van der Waals surface area contributed by atoms with Crippen LogP contribution in [0, 0.1) is 0 Å². The summed E-state index contributed by atoms with van der Waals surface area (Å²) in [6, 6.07) is 13.8. The maximum atomic E-state index is 13.3. The molecule has 0 saturated carbocycles. The lowest BCUT2D eigenvalue weighted by molar-refractivity contribution is -0.121. The third-order valence-electron chi connectivity index (χ3n) is 6.41. The van der Waals surface area contributed by atoms with Gasteiger partial charge in [0.05, 0.1) is 25.3 Å². The third kappa shape index (κ3) is 7.68. The third-order valence-corrected chi connectivity index (χ3v) is 8.42. The van der Waals surface area contributed by atoms with Crippen molar-refractivity contribution in [3.63, 3.8) is 0 Å². The molecular weight excluding hydrogens is 473 g/mol. The highest BCUT2D eigenvalue weighted by atomic mass is 31.2. The average Bonchev–Trinajstić information content (AvgIpc) is 2.89. The molecule has 1 aliphatic heterocycles. The summed E-state index contributed by atoms with van der Waals surface area (Å²) in [5, 5.41) is 3.08. The Labute approximate surface area is 216 Å². The zero-order chi connectivity index (χ0) is 25.8. The Kier molecular flexibility index (Phi) is 11.5. The van der Waals surface area contributed by atoms with Gasteiger partial charge in [0, 0.05) is 17.7 Å². The molecule has 7 heteroatoms. The first-order valence-corrected chi connectivity index (χ1v) is 15.3. The van der Waals surface area contributed by atoms with Crippen molar-refractivity contribution in [1.29, 1.82) is 0 Å². The molecule has 3 rings (SSSR count). The second-order valence-corrected chi connectivity index (χ2v) is 11.5. The average molecular weight is 516 g/mol. The molecule has 1 N–H and O–H groups in total. The minimum absolute atomic E-state index is 0.000510. The van der Waals surface area contributed by atoms with Gasteiger partial charge in [-0.05, 0) is 56.2 Å². The van der Waals surface area contributed by atoms with Gasteiger partial charge in [-0.2, -0.15) is 0 Å². The van der Waals surface area contributed by atoms with Gasteiger partial charge < -0.3 is 19.1 Å². The molecule has 36 heavy (non-hydrogen) atoms. The maximum Gasteiger partial charge on any atom is 0.330 e. The Hall–Kier alpha value is -2.14. The summed E-state index contributed by atoms with van der Waals surface area (Å²) in [5.41, 5.74) is 2.92. The summed E-state index contributed by atoms with van der Waals surface area (Å²) in [4.78, 5) is 13.3. The lowest BCUT2D eigenvalue weighted by Gasteiger charge is -2.29. The number of benzene rings is 2. The molecule has 0 fully saturated rings. The van der Waals surface area contributed by atoms with Crippen molar-refractivity contribution < 1.29 is 23.1 Å². The number of unbranched alkanes of at least 4 members (excludes halogenated alkanes) is 3. The van der Waals surface area contributed by atoms with E-state index in [1.165, 1.54) is 0 Å². The SMILES string of the molecule is CCCCOP(=O)(CCCCc1cccc2c1C(C(=O)NCCC)c1ccccc1O2)OCCCC. The molecule has 1 amide bonds. The number of para-hydroxylation sites is 1. The van der Waals surface area contributed by atoms with E-state index >= 15 is 0 Å². The Morgan fingerprint density at radius 3 is 2.28 bits per heavy atom. The number of amides is 1. The van der Waals surface area contributed by atoms with E-state index in [1.807, 2.05) is 43.3 Å². The van der Waals surface area contributed by atoms with Crippen LogP contribution in [0.2, 0.25) is 0 Å². The Balaban J connectivity index is 1.72. The van der Waals surface area contributed by atoms with Gasteiger partial charge in [0.15, 0.2) is 0 Å². The first-order chi connectivity index (χ1) is 17.5. The monoisotopic (exact) mass is 515 g/mol. The summed E-state index contributed by atoms with van der Waals surface area (Å²) in [5.74, 6) is 1.06. The van der Waals surface area contributed by atoms with E-state index in [4.69, 9.17) is 13.8 Å². The van der Waals surface area contributed by atoms with Gasteiger partial charge >= 0.3 is 7.60 Å². The molecule has 0 saturated heterocycles. The van der Waals surface area contributed by atoms with Crippen LogP contribution in [0.15, 0.2) is 42.5 Å². The molecular formula is C29H42NO5P. The molecule has 2 aromatic rings. The van der Waals surface area contributed by atoms with Crippen LogP contribution in [0.5, 0.6) is 11.5 Å². The van der Waals surface area contributed by atoms with Gasteiger partial charge in [-0.1, -0.05) is 63.9 Å². The maximum absolute atomic E-state index is 13.3. The van der Waals surface area contributed by atoms with E-state index in [0.717, 1.165) is 79.6 Å². The van der Waals surface area contributed by atoms with Crippen molar-refractivity contribution in [3.05, 3.63) is 59.2 Å². The number of fused-ring (bicyclic) bond motifs is 2. The molecule has 0 spiro atoms. The van der Waals surface area contributed by atoms with Crippen molar-refractivity contribution >= 4 is 13.5 Å². The van der Waals surface area contributed by atoms with Crippen molar-refractivity contribution in [3.8, 4) is 11.5 Å². The standard InChI is InChI=1S/C29H42NO5P/c1-4-7-20-33-36(32,34-21-8-5-2)22-12-11-14-23-15-13-18-26-27(23)28(29(31)30-19-6-3)24-16-9-10-17-25(24)35-26/h9-10,13,15-18,28H,4-8,11-12,14,19-22H2,1-3H3,(H,30,31). The lowest BCUT2D eigenvalue weighted by atomic mass is 9.83. The summed E-state index contributed by atoms with van der Waals surface area (Å²) >= 11 is 0. The van der Waals surface area contributed by atoms with Gasteiger partial charge in [-0.25, -0.2) is 0 Å². The van der Waals surface area contributed by atoms with Crippen molar-refractivity contribution in [2.24, 2.45) is 0 Å². The van der Waals surface area contributed by atoms with Crippen molar-refractivity contribution in [1.82, 2.24) is 5.32 Å². The Morgan fingerprint density at radius 2 is 1.58 bits per heavy atom. The van der Waals surface area contributed by atoms with Crippen LogP contribution in [0.4, 0.5) is 0 Å². The molecule has 1 aliphatic rings. The first-order valence-electron chi connectivity index (χ1n) is 13.6. The fourth-order valence-corrected chi connectivity index (χ4v) is 6.17. The predicted octanol–water partition coefficient (Wildman–Crippen LogP) is 7.60. The Morgan fingerprint density at radius 1 is 0.889 bits per heavy atom. The number of rotatable bonds is 16. The van der Waals surface area contributed by atoms with Crippen LogP contribution in [0.25, 0.3) is 0 Å². The van der Waals surface area contributed by atoms with E-state index in [2.05, 4.69) is 25.2 Å². The van der Waals surface area contributed by atoms with Gasteiger partial charge in [0.2, 0.25) is 5.91 Å². The molecule has 6 nitrogen and oxygen atoms in total. The quantitative estimate of drug-likeness (QED) is 0.184. The smallest absolute Gasteiger partial charge is 0.330 e. The van der Waals surface area contributed by atoms with Crippen LogP contribution in [-0.2, 0) is 24.8 Å². The fourth-order valence-electron chi connectivity index (χ4n) is 4.42. The van der Waals surface area contributed by atoms with Gasteiger partial charge in [0.25, 0.3) is 0 Å². The minimum Gasteiger partial charge on any atom is -0.457 e. The molecule has 0 radical (unpaired) electrons. The molecule has 1 unspecified atom stereocenters. The molecule has 1 heterocycles. The highest BCUT2D eigenvalue weighted by Gasteiger charge is 2.34. The number of aryl methyl sites for hydroxylation is 1. The predicted molar refractivity (Wildman–Crippen MR) is 145 cm³/mol. The molecule has 198 valence electrons. The topological polar surface area (TPSA) is 73.9 Å². The number of carbonyl (C=O) groups is 1. The van der Waals surface area contributed by atoms with E-state index < -0.39 is 13.5 Å². The minimum atomic E-state index is -3.10. The van der Waals surface area contributed by atoms with Gasteiger partial charge in [-0.3, -0.25) is 9.36 Å². The molecule has 1 atom stereocenters. The largest absolute Gasteiger partial charge is 0.457 e. The number of hydrogen-bond donors (Lipinski definition) is 1. The summed E-state index contributed by atoms with van der Waals surface area (Å²) in [6.07, 6.45) is 7.33. The fraction of sp³-hybridized carbons (Fsp3) is 0.552. The van der Waals surface area contributed by atoms with E-state index in [1.54, 1.807) is 0 Å². The van der Waals surface area contributed by atoms with Crippen molar-refractivity contribution in [2.75, 3.05) is 25.9 Å². The van der Waals surface area contributed by atoms with Gasteiger partial charge in [-0.15, -0.1) is 0 Å². The molecule has 0 bridgehead atoms. The molecule has 0 aromatic heterocycles. The summed E-state index contributed by atoms with van der Waals surface area (Å²) in [7, 11) is -3.10. The van der Waals surface area contributed by atoms with E-state index in [9.17, 15) is 9.36 Å². The zero-order valence-electron chi connectivity index (χ0n) is 22.1. The molecule has 0 aliphatic carbocycles. The molecule has 2 aromatic carbocycles. The number of hydrogen-bond acceptors (Lipinski definition) is 5. The summed E-state index contributed by atoms with van der Waals surface area (Å²) in [6.45, 7) is 7.81. The van der Waals surface area contributed by atoms with Crippen molar-refractivity contribution in [2.45, 2.75) is 78.1 Å². The van der Waals surface area contributed by atoms with Crippen LogP contribution in [0.1, 0.15) is 88.3 Å². The normalized spacial score (nSPS) is 14.6. The number of carbonyl (C=O) groups excluding carboxylic acids is 1. The second kappa shape index (κ2) is 14.6. The zero-order valence-corrected chi connectivity index (χ0v) is 23.0. The highest BCUT2D eigenvalue weighted by Crippen LogP contribution is 2.50. The van der Waals surface area contributed by atoms with Crippen LogP contribution >= 0.6 is 7.60 Å². The highest BCUT2D eigenvalue weighted by molar-refractivity contribution is 7.53. The van der Waals surface area contributed by atoms with E-state index in [-0.39, 0.29) is 5.91 Å². The van der Waals surface area contributed by atoms with Gasteiger partial charge in [0.1, 0.15) is 11.5 Å². The lowest BCUT2D eigenvalue weighted by Crippen LogP contribution is -2.32. The first kappa shape index (κ1) is 28.4. The van der Waals surface area contributed by atoms with Crippen LogP contribution < -0.4 is 10.1 Å². The second-order valence-electron chi connectivity index (χ2n) is 9.36. The summed E-state index contributed by atoms with van der Waals surface area (Å²) < 4.78 is 31.0. The van der Waals surface area contributed by atoms with E-state index in [0.29, 0.717) is 25.9 Å². The van der Waals surface area contributed by atoms with Crippen LogP contribution in [-0.4, -0.2) is 31.8 Å². The number of ether oxygens (including phenoxy) is 1. The Bertz CT molecular complexity index is 1010. The van der Waals surface area contributed by atoms with Crippen LogP contribution in [0.3, 0.4) is 0 Å².